The van der Waals surface area contributed by atoms with Gasteiger partial charge in [0, 0.05) is 5.92 Å². The standard InChI is InChI=1S/C9H15NS3/c10-8(11)7-2-3-9(6-7)12-4-1-5-13-9/h7H,1-6H2,(H2,10,11). The van der Waals surface area contributed by atoms with Gasteiger partial charge in [0.15, 0.2) is 0 Å². The summed E-state index contributed by atoms with van der Waals surface area (Å²) in [7, 11) is 0. The summed E-state index contributed by atoms with van der Waals surface area (Å²) in [5.41, 5.74) is 5.70. The molecule has 0 aromatic heterocycles. The monoisotopic (exact) mass is 233 g/mol. The van der Waals surface area contributed by atoms with E-state index in [1.54, 1.807) is 0 Å². The van der Waals surface area contributed by atoms with E-state index in [1.165, 1.54) is 37.2 Å². The van der Waals surface area contributed by atoms with Crippen molar-refractivity contribution in [2.24, 2.45) is 11.7 Å². The Balaban J connectivity index is 1.98. The molecule has 1 atom stereocenters. The Morgan fingerprint density at radius 3 is 2.62 bits per heavy atom. The van der Waals surface area contributed by atoms with Gasteiger partial charge < -0.3 is 5.73 Å². The highest BCUT2D eigenvalue weighted by Crippen LogP contribution is 2.54. The highest BCUT2D eigenvalue weighted by molar-refractivity contribution is 8.18. The van der Waals surface area contributed by atoms with Crippen molar-refractivity contribution < 1.29 is 0 Å². The molecule has 0 bridgehead atoms. The molecule has 4 heteroatoms. The Labute approximate surface area is 93.6 Å². The van der Waals surface area contributed by atoms with Gasteiger partial charge in [-0.25, -0.2) is 0 Å². The molecule has 0 amide bonds. The summed E-state index contributed by atoms with van der Waals surface area (Å²) in [5, 5.41) is 0. The van der Waals surface area contributed by atoms with E-state index in [0.717, 1.165) is 4.99 Å². The van der Waals surface area contributed by atoms with Crippen molar-refractivity contribution in [1.29, 1.82) is 0 Å². The van der Waals surface area contributed by atoms with Crippen LogP contribution in [0.1, 0.15) is 25.7 Å². The molecular formula is C9H15NS3. The highest BCUT2D eigenvalue weighted by Gasteiger charge is 2.42. The van der Waals surface area contributed by atoms with Gasteiger partial charge in [-0.15, -0.1) is 23.5 Å². The fraction of sp³-hybridized carbons (Fsp3) is 0.889. The van der Waals surface area contributed by atoms with Crippen molar-refractivity contribution >= 4 is 40.7 Å². The van der Waals surface area contributed by atoms with Crippen LogP contribution in [0.25, 0.3) is 0 Å². The molecule has 2 fully saturated rings. The molecule has 13 heavy (non-hydrogen) atoms. The summed E-state index contributed by atoms with van der Waals surface area (Å²) in [5.74, 6) is 3.18. The van der Waals surface area contributed by atoms with Crippen LogP contribution in [-0.4, -0.2) is 20.6 Å². The van der Waals surface area contributed by atoms with Gasteiger partial charge in [-0.1, -0.05) is 12.2 Å². The largest absolute Gasteiger partial charge is 0.393 e. The third-order valence-electron chi connectivity index (χ3n) is 2.85. The molecule has 1 spiro atoms. The number of hydrogen-bond donors (Lipinski definition) is 1. The molecule has 0 radical (unpaired) electrons. The quantitative estimate of drug-likeness (QED) is 0.704. The first-order valence-corrected chi connectivity index (χ1v) is 7.17. The molecule has 1 heterocycles. The number of rotatable bonds is 1. The number of nitrogens with two attached hydrogens (primary N) is 1. The minimum absolute atomic E-state index is 0.492. The number of thiocarbonyl (C=S) groups is 1. The second kappa shape index (κ2) is 3.99. The van der Waals surface area contributed by atoms with Gasteiger partial charge in [-0.2, -0.15) is 0 Å². The Bertz CT molecular complexity index is 211. The summed E-state index contributed by atoms with van der Waals surface area (Å²) in [4.78, 5) is 0.739. The van der Waals surface area contributed by atoms with Gasteiger partial charge in [-0.05, 0) is 37.2 Å². The molecule has 1 aliphatic heterocycles. The lowest BCUT2D eigenvalue weighted by atomic mass is 10.1. The van der Waals surface area contributed by atoms with Crippen molar-refractivity contribution in [3.8, 4) is 0 Å². The number of hydrogen-bond acceptors (Lipinski definition) is 3. The second-order valence-electron chi connectivity index (χ2n) is 3.80. The molecule has 0 aromatic rings. The maximum Gasteiger partial charge on any atom is 0.0759 e. The van der Waals surface area contributed by atoms with Crippen molar-refractivity contribution in [2.45, 2.75) is 29.8 Å². The summed E-state index contributed by atoms with van der Waals surface area (Å²) in [6, 6.07) is 0. The smallest absolute Gasteiger partial charge is 0.0759 e. The zero-order valence-corrected chi connectivity index (χ0v) is 10.1. The lowest BCUT2D eigenvalue weighted by Crippen LogP contribution is -2.24. The van der Waals surface area contributed by atoms with Crippen molar-refractivity contribution in [3.05, 3.63) is 0 Å². The second-order valence-corrected chi connectivity index (χ2v) is 7.49. The Morgan fingerprint density at radius 1 is 1.38 bits per heavy atom. The molecule has 74 valence electrons. The summed E-state index contributed by atoms with van der Waals surface area (Å²) in [6.07, 6.45) is 5.12. The van der Waals surface area contributed by atoms with Gasteiger partial charge in [0.05, 0.1) is 9.07 Å². The normalized spacial score (nSPS) is 32.2. The first-order valence-electron chi connectivity index (χ1n) is 4.79. The molecule has 2 aliphatic rings. The minimum Gasteiger partial charge on any atom is -0.393 e. The molecule has 2 N–H and O–H groups in total. The van der Waals surface area contributed by atoms with Crippen LogP contribution in [0.5, 0.6) is 0 Å². The van der Waals surface area contributed by atoms with Crippen LogP contribution in [-0.2, 0) is 0 Å². The van der Waals surface area contributed by atoms with Crippen LogP contribution in [0.2, 0.25) is 0 Å². The first kappa shape index (κ1) is 10.1. The highest BCUT2D eigenvalue weighted by atomic mass is 32.2. The van der Waals surface area contributed by atoms with Gasteiger partial charge >= 0.3 is 0 Å². The van der Waals surface area contributed by atoms with E-state index in [1.807, 2.05) is 0 Å². The topological polar surface area (TPSA) is 26.0 Å². The van der Waals surface area contributed by atoms with Crippen molar-refractivity contribution in [2.75, 3.05) is 11.5 Å². The summed E-state index contributed by atoms with van der Waals surface area (Å²) in [6.45, 7) is 0. The molecule has 1 aliphatic carbocycles. The van der Waals surface area contributed by atoms with E-state index in [-0.39, 0.29) is 0 Å². The zero-order chi connectivity index (χ0) is 9.31. The SMILES string of the molecule is NC(=S)C1CCC2(C1)SCCCS2. The van der Waals surface area contributed by atoms with E-state index < -0.39 is 0 Å². The average molecular weight is 233 g/mol. The Morgan fingerprint density at radius 2 is 2.08 bits per heavy atom. The summed E-state index contributed by atoms with van der Waals surface area (Å²) >= 11 is 9.35. The van der Waals surface area contributed by atoms with E-state index in [2.05, 4.69) is 23.5 Å². The predicted octanol–water partition coefficient (Wildman–Crippen LogP) is 2.64. The molecule has 1 saturated carbocycles. The van der Waals surface area contributed by atoms with Crippen molar-refractivity contribution in [3.63, 3.8) is 0 Å². The fourth-order valence-corrected chi connectivity index (χ4v) is 5.80. The minimum atomic E-state index is 0.492. The molecular weight excluding hydrogens is 218 g/mol. The maximum absolute atomic E-state index is 5.70. The van der Waals surface area contributed by atoms with E-state index in [9.17, 15) is 0 Å². The van der Waals surface area contributed by atoms with E-state index in [4.69, 9.17) is 18.0 Å². The predicted molar refractivity (Wildman–Crippen MR) is 66.4 cm³/mol. The average Bonchev–Trinajstić information content (AvgIpc) is 2.51. The summed E-state index contributed by atoms with van der Waals surface area (Å²) < 4.78 is 0.492. The molecule has 1 nitrogen and oxygen atoms in total. The van der Waals surface area contributed by atoms with E-state index >= 15 is 0 Å². The van der Waals surface area contributed by atoms with E-state index in [0.29, 0.717) is 10.00 Å². The van der Waals surface area contributed by atoms with Crippen LogP contribution in [0.15, 0.2) is 0 Å². The lowest BCUT2D eigenvalue weighted by Gasteiger charge is -2.32. The third kappa shape index (κ3) is 2.16. The number of thioether (sulfide) groups is 2. The molecule has 1 saturated heterocycles. The van der Waals surface area contributed by atoms with Gasteiger partial charge in [0.1, 0.15) is 0 Å². The van der Waals surface area contributed by atoms with Crippen LogP contribution >= 0.6 is 35.7 Å². The van der Waals surface area contributed by atoms with Gasteiger partial charge in [0.25, 0.3) is 0 Å². The van der Waals surface area contributed by atoms with Gasteiger partial charge in [-0.3, -0.25) is 0 Å². The van der Waals surface area contributed by atoms with Crippen molar-refractivity contribution in [1.82, 2.24) is 0 Å². The van der Waals surface area contributed by atoms with Gasteiger partial charge in [0.2, 0.25) is 0 Å². The molecule has 0 aromatic carbocycles. The lowest BCUT2D eigenvalue weighted by molar-refractivity contribution is 0.728. The molecule has 1 unspecified atom stereocenters. The fourth-order valence-electron chi connectivity index (χ4n) is 2.10. The third-order valence-corrected chi connectivity index (χ3v) is 6.67. The zero-order valence-electron chi connectivity index (χ0n) is 7.62. The first-order chi connectivity index (χ1) is 6.22. The van der Waals surface area contributed by atoms with Crippen LogP contribution in [0, 0.1) is 5.92 Å². The van der Waals surface area contributed by atoms with Crippen LogP contribution < -0.4 is 5.73 Å². The Hall–Kier alpha value is 0.590. The van der Waals surface area contributed by atoms with Crippen LogP contribution in [0.3, 0.4) is 0 Å². The molecule has 2 rings (SSSR count). The Kier molecular flexibility index (Phi) is 3.11. The maximum atomic E-state index is 5.70. The van der Waals surface area contributed by atoms with Crippen LogP contribution in [0.4, 0.5) is 0 Å².